The van der Waals surface area contributed by atoms with Crippen molar-refractivity contribution in [3.05, 3.63) is 66.0 Å². The van der Waals surface area contributed by atoms with Gasteiger partial charge in [0.25, 0.3) is 0 Å². The number of fused-ring (bicyclic) bond motifs is 2. The number of nitrogens with one attached hydrogen (secondary N) is 1. The first kappa shape index (κ1) is 17.2. The van der Waals surface area contributed by atoms with Gasteiger partial charge in [-0.05, 0) is 34.7 Å². The first-order valence-electron chi connectivity index (χ1n) is 8.51. The van der Waals surface area contributed by atoms with Crippen molar-refractivity contribution in [3.63, 3.8) is 0 Å². The third-order valence-electron chi connectivity index (χ3n) is 4.59. The van der Waals surface area contributed by atoms with Crippen molar-refractivity contribution in [1.29, 1.82) is 0 Å². The number of benzene rings is 2. The van der Waals surface area contributed by atoms with Crippen LogP contribution in [0.1, 0.15) is 17.0 Å². The van der Waals surface area contributed by atoms with E-state index in [1.807, 2.05) is 30.3 Å². The minimum atomic E-state index is -1.15. The van der Waals surface area contributed by atoms with Crippen LogP contribution in [0.2, 0.25) is 0 Å². The second-order valence-electron chi connectivity index (χ2n) is 6.30. The highest BCUT2D eigenvalue weighted by Gasteiger charge is 2.28. The van der Waals surface area contributed by atoms with E-state index in [4.69, 9.17) is 10.5 Å². The second-order valence-corrected chi connectivity index (χ2v) is 6.30. The molecular weight excluding hydrogens is 343 g/mol. The molecule has 4 rings (SSSR count). The number of hydrogen-bond acceptors (Lipinski definition) is 6. The molecule has 0 fully saturated rings. The Bertz CT molecular complexity index is 1040. The van der Waals surface area contributed by atoms with E-state index < -0.39 is 13.0 Å². The van der Waals surface area contributed by atoms with Crippen LogP contribution in [0.15, 0.2) is 60.0 Å². The predicted octanol–water partition coefficient (Wildman–Crippen LogP) is 0.967. The van der Waals surface area contributed by atoms with Gasteiger partial charge in [0.15, 0.2) is 0 Å². The van der Waals surface area contributed by atoms with Gasteiger partial charge in [-0.3, -0.25) is 9.78 Å². The molecule has 2 aromatic carbocycles. The average molecular weight is 360 g/mol. The van der Waals surface area contributed by atoms with Gasteiger partial charge in [-0.15, -0.1) is 5.16 Å². The molecule has 8 heteroatoms. The van der Waals surface area contributed by atoms with Crippen molar-refractivity contribution in [2.75, 3.05) is 11.9 Å². The maximum absolute atomic E-state index is 12.8. The third kappa shape index (κ3) is 3.40. The molecule has 2 heterocycles. The monoisotopic (exact) mass is 360 g/mol. The molecule has 0 bridgehead atoms. The summed E-state index contributed by atoms with van der Waals surface area (Å²) in [5, 5.41) is 18.5. The smallest absolute Gasteiger partial charge is 0.427 e. The number of aromatic nitrogens is 1. The van der Waals surface area contributed by atoms with Gasteiger partial charge in [-0.2, -0.15) is 0 Å². The van der Waals surface area contributed by atoms with Crippen LogP contribution in [0, 0.1) is 0 Å². The largest absolute Gasteiger partial charge is 0.583 e. The molecule has 0 spiro atoms. The molecule has 1 aromatic heterocycles. The van der Waals surface area contributed by atoms with Crippen LogP contribution in [0.25, 0.3) is 10.8 Å². The second kappa shape index (κ2) is 7.18. The first-order valence-corrected chi connectivity index (χ1v) is 8.51. The van der Waals surface area contributed by atoms with Crippen LogP contribution in [0.4, 0.5) is 5.69 Å². The van der Waals surface area contributed by atoms with Crippen molar-refractivity contribution in [2.24, 2.45) is 10.9 Å². The Morgan fingerprint density at radius 1 is 1.22 bits per heavy atom. The van der Waals surface area contributed by atoms with Gasteiger partial charge < -0.3 is 20.8 Å². The number of anilines is 1. The number of nitrogens with zero attached hydrogens (tertiary/aromatic N) is 2. The Kier molecular flexibility index (Phi) is 4.58. The fourth-order valence-corrected chi connectivity index (χ4v) is 3.13. The maximum Gasteiger partial charge on any atom is 0.583 e. The van der Waals surface area contributed by atoms with Crippen LogP contribution < -0.4 is 16.5 Å². The van der Waals surface area contributed by atoms with Crippen molar-refractivity contribution in [1.82, 2.24) is 4.98 Å². The number of carbonyl (C=O) groups is 1. The summed E-state index contributed by atoms with van der Waals surface area (Å²) in [4.78, 5) is 16.9. The van der Waals surface area contributed by atoms with E-state index >= 15 is 0 Å². The number of carbonyl (C=O) groups excluding carboxylic acids is 1. The topological polar surface area (TPSA) is 110 Å². The molecule has 0 radical (unpaired) electrons. The van der Waals surface area contributed by atoms with E-state index in [1.165, 1.54) is 6.21 Å². The Labute approximate surface area is 156 Å². The number of oxime groups is 1. The van der Waals surface area contributed by atoms with E-state index in [0.29, 0.717) is 16.7 Å². The summed E-state index contributed by atoms with van der Waals surface area (Å²) >= 11 is 0. The maximum atomic E-state index is 12.8. The van der Waals surface area contributed by atoms with E-state index in [2.05, 4.69) is 15.5 Å². The molecule has 1 unspecified atom stereocenters. The van der Waals surface area contributed by atoms with Gasteiger partial charge >= 0.3 is 7.12 Å². The van der Waals surface area contributed by atoms with E-state index in [0.717, 1.165) is 16.3 Å². The van der Waals surface area contributed by atoms with Crippen molar-refractivity contribution in [2.45, 2.75) is 5.92 Å². The molecule has 1 amide bonds. The SMILES string of the molecule is NCC(C(=O)Nc1ccc2cnccc2c1)c1ccc2c(c1)B(O)ON=C2. The fourth-order valence-electron chi connectivity index (χ4n) is 3.13. The molecule has 1 aliphatic heterocycles. The molecule has 3 aromatic rings. The van der Waals surface area contributed by atoms with Crippen LogP contribution in [-0.2, 0) is 9.55 Å². The zero-order valence-corrected chi connectivity index (χ0v) is 14.4. The Morgan fingerprint density at radius 3 is 2.96 bits per heavy atom. The summed E-state index contributed by atoms with van der Waals surface area (Å²) in [6, 6.07) is 12.8. The molecule has 0 saturated heterocycles. The van der Waals surface area contributed by atoms with Gasteiger partial charge in [0.05, 0.1) is 12.1 Å². The number of nitrogens with two attached hydrogens (primary N) is 1. The lowest BCUT2D eigenvalue weighted by Crippen LogP contribution is -2.38. The Morgan fingerprint density at radius 2 is 2.11 bits per heavy atom. The zero-order chi connectivity index (χ0) is 18.8. The van der Waals surface area contributed by atoms with Crippen LogP contribution in [-0.4, -0.2) is 35.8 Å². The minimum Gasteiger partial charge on any atom is -0.427 e. The van der Waals surface area contributed by atoms with Gasteiger partial charge in [0, 0.05) is 35.5 Å². The van der Waals surface area contributed by atoms with Crippen molar-refractivity contribution in [3.8, 4) is 0 Å². The predicted molar refractivity (Wildman–Crippen MR) is 105 cm³/mol. The van der Waals surface area contributed by atoms with Gasteiger partial charge in [0.1, 0.15) is 0 Å². The highest BCUT2D eigenvalue weighted by Crippen LogP contribution is 2.21. The summed E-state index contributed by atoms with van der Waals surface area (Å²) in [6.07, 6.45) is 5.00. The number of pyridine rings is 1. The summed E-state index contributed by atoms with van der Waals surface area (Å²) in [5.74, 6) is -0.778. The van der Waals surface area contributed by atoms with Crippen molar-refractivity contribution < 1.29 is 14.6 Å². The molecule has 0 saturated carbocycles. The summed E-state index contributed by atoms with van der Waals surface area (Å²) in [6.45, 7) is 0.132. The zero-order valence-electron chi connectivity index (χ0n) is 14.4. The van der Waals surface area contributed by atoms with Gasteiger partial charge in [0.2, 0.25) is 5.91 Å². The molecule has 7 nitrogen and oxygen atoms in total. The standard InChI is InChI=1S/C19H17BN4O3/c21-9-17(13-1-2-15-11-23-27-20(26)18(15)8-13)19(25)24-16-4-3-14-10-22-6-5-12(14)7-16/h1-8,10-11,17,26H,9,21H2,(H,24,25). The minimum absolute atomic E-state index is 0.132. The van der Waals surface area contributed by atoms with Gasteiger partial charge in [-0.25, -0.2) is 0 Å². The van der Waals surface area contributed by atoms with E-state index in [9.17, 15) is 9.82 Å². The lowest BCUT2D eigenvalue weighted by atomic mass is 9.74. The molecule has 0 aliphatic carbocycles. The molecule has 134 valence electrons. The highest BCUT2D eigenvalue weighted by molar-refractivity contribution is 6.62. The lowest BCUT2D eigenvalue weighted by molar-refractivity contribution is -0.117. The molecule has 1 atom stereocenters. The highest BCUT2D eigenvalue weighted by atomic mass is 16.6. The number of amides is 1. The first-order chi connectivity index (χ1) is 13.2. The number of hydrogen-bond donors (Lipinski definition) is 3. The lowest BCUT2D eigenvalue weighted by Gasteiger charge is -2.19. The van der Waals surface area contributed by atoms with Crippen LogP contribution >= 0.6 is 0 Å². The summed E-state index contributed by atoms with van der Waals surface area (Å²) in [5.41, 5.74) is 8.57. The summed E-state index contributed by atoms with van der Waals surface area (Å²) in [7, 11) is -1.15. The molecule has 1 aliphatic rings. The molecular formula is C19H17BN4O3. The molecule has 27 heavy (non-hydrogen) atoms. The quantitative estimate of drug-likeness (QED) is 0.601. The van der Waals surface area contributed by atoms with Crippen molar-refractivity contribution >= 4 is 41.2 Å². The fraction of sp³-hybridized carbons (Fsp3) is 0.105. The van der Waals surface area contributed by atoms with Crippen LogP contribution in [0.5, 0.6) is 0 Å². The van der Waals surface area contributed by atoms with Crippen LogP contribution in [0.3, 0.4) is 0 Å². The average Bonchev–Trinajstić information content (AvgIpc) is 2.69. The van der Waals surface area contributed by atoms with Gasteiger partial charge in [-0.1, -0.05) is 24.3 Å². The van der Waals surface area contributed by atoms with E-state index in [-0.39, 0.29) is 12.5 Å². The number of rotatable bonds is 4. The van der Waals surface area contributed by atoms with E-state index in [1.54, 1.807) is 24.5 Å². The third-order valence-corrected chi connectivity index (χ3v) is 4.59. The normalized spacial score (nSPS) is 13.8. The Hall–Kier alpha value is -3.23. The Balaban J connectivity index is 1.59. The summed E-state index contributed by atoms with van der Waals surface area (Å²) < 4.78 is 4.86. The molecule has 4 N–H and O–H groups in total.